The molecule has 36 heavy (non-hydrogen) atoms. The molecule has 0 spiro atoms. The number of alkyl halides is 3. The molecule has 5 nitrogen and oxygen atoms in total. The second-order valence-electron chi connectivity index (χ2n) is 9.26. The van der Waals surface area contributed by atoms with Gasteiger partial charge in [0, 0.05) is 23.6 Å². The van der Waals surface area contributed by atoms with E-state index in [1.165, 1.54) is 24.8 Å². The summed E-state index contributed by atoms with van der Waals surface area (Å²) in [6, 6.07) is 14.8. The number of anilines is 4. The fourth-order valence-corrected chi connectivity index (χ4v) is 4.37. The largest absolute Gasteiger partial charge is 0.490 e. The molecule has 3 aromatic rings. The molecule has 0 bridgehead atoms. The Labute approximate surface area is 210 Å². The monoisotopic (exact) mass is 498 g/mol. The van der Waals surface area contributed by atoms with Gasteiger partial charge in [0.1, 0.15) is 17.1 Å². The van der Waals surface area contributed by atoms with Crippen molar-refractivity contribution in [2.45, 2.75) is 77.0 Å². The van der Waals surface area contributed by atoms with Crippen LogP contribution in [0.25, 0.3) is 0 Å². The first-order chi connectivity index (χ1) is 17.4. The number of hydrogen-bond donors (Lipinski definition) is 2. The molecule has 4 rings (SSSR count). The van der Waals surface area contributed by atoms with Crippen molar-refractivity contribution in [3.63, 3.8) is 0 Å². The number of rotatable bonds is 10. The predicted molar refractivity (Wildman–Crippen MR) is 137 cm³/mol. The average Bonchev–Trinajstić information content (AvgIpc) is 2.86. The summed E-state index contributed by atoms with van der Waals surface area (Å²) in [7, 11) is 0. The summed E-state index contributed by atoms with van der Waals surface area (Å²) in [5, 5.41) is 5.84. The highest BCUT2D eigenvalue weighted by atomic mass is 19.4. The highest BCUT2D eigenvalue weighted by molar-refractivity contribution is 5.64. The van der Waals surface area contributed by atoms with Gasteiger partial charge in [0.15, 0.2) is 0 Å². The average molecular weight is 499 g/mol. The van der Waals surface area contributed by atoms with Crippen LogP contribution in [0.3, 0.4) is 0 Å². The zero-order chi connectivity index (χ0) is 25.4. The lowest BCUT2D eigenvalue weighted by molar-refractivity contribution is -0.137. The SMILES string of the molecule is CCCCCc1ccc(Nc2ncc(C(F)(F)F)c(Nc3cccc(OC4CCCCC4)c3)n2)cc1. The molecule has 1 fully saturated rings. The van der Waals surface area contributed by atoms with Crippen molar-refractivity contribution in [2.24, 2.45) is 0 Å². The Morgan fingerprint density at radius 3 is 2.44 bits per heavy atom. The molecule has 1 aliphatic carbocycles. The fraction of sp³-hybridized carbons (Fsp3) is 0.429. The molecule has 0 saturated heterocycles. The van der Waals surface area contributed by atoms with Crippen molar-refractivity contribution in [1.82, 2.24) is 9.97 Å². The number of unbranched alkanes of at least 4 members (excludes halogenated alkanes) is 2. The van der Waals surface area contributed by atoms with E-state index in [9.17, 15) is 13.2 Å². The van der Waals surface area contributed by atoms with Gasteiger partial charge in [-0.15, -0.1) is 0 Å². The second-order valence-corrected chi connectivity index (χ2v) is 9.26. The van der Waals surface area contributed by atoms with Gasteiger partial charge in [0.2, 0.25) is 5.95 Å². The van der Waals surface area contributed by atoms with Gasteiger partial charge in [-0.1, -0.05) is 44.4 Å². The summed E-state index contributed by atoms with van der Waals surface area (Å²) in [5.41, 5.74) is 1.47. The molecule has 192 valence electrons. The zero-order valence-electron chi connectivity index (χ0n) is 20.6. The standard InChI is InChI=1S/C28H33F3N4O/c1-2-3-5-9-20-14-16-21(17-15-20)34-27-32-19-25(28(29,30)31)26(35-27)33-22-10-8-13-24(18-22)36-23-11-6-4-7-12-23/h8,10,13-19,23H,2-7,9,11-12H2,1H3,(H2,32,33,34,35). The van der Waals surface area contributed by atoms with E-state index in [0.717, 1.165) is 44.7 Å². The van der Waals surface area contributed by atoms with Crippen LogP contribution in [-0.4, -0.2) is 16.1 Å². The van der Waals surface area contributed by atoms with E-state index in [4.69, 9.17) is 4.74 Å². The Hall–Kier alpha value is -3.29. The van der Waals surface area contributed by atoms with Gasteiger partial charge in [-0.25, -0.2) is 4.98 Å². The smallest absolute Gasteiger partial charge is 0.421 e. The van der Waals surface area contributed by atoms with E-state index in [2.05, 4.69) is 27.5 Å². The molecule has 2 N–H and O–H groups in total. The van der Waals surface area contributed by atoms with E-state index in [1.807, 2.05) is 30.3 Å². The van der Waals surface area contributed by atoms with Gasteiger partial charge in [-0.05, 0) is 68.4 Å². The van der Waals surface area contributed by atoms with Crippen LogP contribution in [0, 0.1) is 0 Å². The van der Waals surface area contributed by atoms with Gasteiger partial charge < -0.3 is 15.4 Å². The molecule has 8 heteroatoms. The molecule has 0 amide bonds. The quantitative estimate of drug-likeness (QED) is 0.275. The van der Waals surface area contributed by atoms with E-state index < -0.39 is 11.7 Å². The molecule has 1 saturated carbocycles. The third-order valence-electron chi connectivity index (χ3n) is 6.32. The summed E-state index contributed by atoms with van der Waals surface area (Å²) >= 11 is 0. The van der Waals surface area contributed by atoms with Gasteiger partial charge in [0.05, 0.1) is 6.10 Å². The maximum absolute atomic E-state index is 13.7. The Balaban J connectivity index is 1.49. The Kier molecular flexibility index (Phi) is 8.67. The first kappa shape index (κ1) is 25.8. The summed E-state index contributed by atoms with van der Waals surface area (Å²) in [4.78, 5) is 8.08. The van der Waals surface area contributed by atoms with E-state index >= 15 is 0 Å². The van der Waals surface area contributed by atoms with Crippen LogP contribution in [0.1, 0.15) is 69.4 Å². The van der Waals surface area contributed by atoms with Crippen LogP contribution in [-0.2, 0) is 12.6 Å². The van der Waals surface area contributed by atoms with Gasteiger partial charge in [-0.3, -0.25) is 0 Å². The maximum Gasteiger partial charge on any atom is 0.421 e. The number of ether oxygens (including phenoxy) is 1. The second kappa shape index (κ2) is 12.1. The zero-order valence-corrected chi connectivity index (χ0v) is 20.6. The molecule has 0 unspecified atom stereocenters. The molecular formula is C28H33F3N4O. The van der Waals surface area contributed by atoms with Gasteiger partial charge >= 0.3 is 6.18 Å². The van der Waals surface area contributed by atoms with Crippen LogP contribution in [0.5, 0.6) is 5.75 Å². The Bertz CT molecular complexity index is 1110. The maximum atomic E-state index is 13.7. The van der Waals surface area contributed by atoms with E-state index in [0.29, 0.717) is 17.1 Å². The van der Waals surface area contributed by atoms with Crippen molar-refractivity contribution < 1.29 is 17.9 Å². The normalized spacial score (nSPS) is 14.4. The van der Waals surface area contributed by atoms with Crippen LogP contribution >= 0.6 is 0 Å². The highest BCUT2D eigenvalue weighted by Crippen LogP contribution is 2.36. The minimum Gasteiger partial charge on any atom is -0.490 e. The molecule has 1 aromatic heterocycles. The van der Waals surface area contributed by atoms with Crippen LogP contribution in [0.4, 0.5) is 36.3 Å². The van der Waals surface area contributed by atoms with Gasteiger partial charge in [-0.2, -0.15) is 18.2 Å². The lowest BCUT2D eigenvalue weighted by atomic mass is 9.98. The van der Waals surface area contributed by atoms with Crippen molar-refractivity contribution >= 4 is 23.1 Å². The number of nitrogens with zero attached hydrogens (tertiary/aromatic N) is 2. The lowest BCUT2D eigenvalue weighted by Gasteiger charge is -2.23. The van der Waals surface area contributed by atoms with Crippen molar-refractivity contribution in [3.05, 3.63) is 65.9 Å². The third-order valence-corrected chi connectivity index (χ3v) is 6.32. The highest BCUT2D eigenvalue weighted by Gasteiger charge is 2.35. The topological polar surface area (TPSA) is 59.1 Å². The Morgan fingerprint density at radius 1 is 0.944 bits per heavy atom. The van der Waals surface area contributed by atoms with Crippen LogP contribution < -0.4 is 15.4 Å². The fourth-order valence-electron chi connectivity index (χ4n) is 4.37. The van der Waals surface area contributed by atoms with Crippen LogP contribution in [0.2, 0.25) is 0 Å². The molecule has 1 heterocycles. The summed E-state index contributed by atoms with van der Waals surface area (Å²) in [5.74, 6) is 0.400. The number of aryl methyl sites for hydroxylation is 1. The first-order valence-corrected chi connectivity index (χ1v) is 12.7. The summed E-state index contributed by atoms with van der Waals surface area (Å²) in [6.45, 7) is 2.17. The molecular weight excluding hydrogens is 465 g/mol. The molecule has 0 radical (unpaired) electrons. The van der Waals surface area contributed by atoms with Crippen LogP contribution in [0.15, 0.2) is 54.7 Å². The molecule has 0 aliphatic heterocycles. The number of halogens is 3. The van der Waals surface area contributed by atoms with E-state index in [-0.39, 0.29) is 17.9 Å². The van der Waals surface area contributed by atoms with Crippen molar-refractivity contribution in [3.8, 4) is 5.75 Å². The number of aromatic nitrogens is 2. The minimum absolute atomic E-state index is 0.0823. The summed E-state index contributed by atoms with van der Waals surface area (Å²) in [6.07, 6.45) is 6.32. The molecule has 2 aromatic carbocycles. The van der Waals surface area contributed by atoms with Gasteiger partial charge in [0.25, 0.3) is 0 Å². The Morgan fingerprint density at radius 2 is 1.72 bits per heavy atom. The number of benzene rings is 2. The third kappa shape index (κ3) is 7.35. The number of hydrogen-bond acceptors (Lipinski definition) is 5. The molecule has 1 aliphatic rings. The predicted octanol–water partition coefficient (Wildman–Crippen LogP) is 8.43. The first-order valence-electron chi connectivity index (χ1n) is 12.7. The van der Waals surface area contributed by atoms with Crippen molar-refractivity contribution in [1.29, 1.82) is 0 Å². The number of nitrogens with one attached hydrogen (secondary N) is 2. The minimum atomic E-state index is -4.60. The van der Waals surface area contributed by atoms with Crippen molar-refractivity contribution in [2.75, 3.05) is 10.6 Å². The lowest BCUT2D eigenvalue weighted by Crippen LogP contribution is -2.19. The summed E-state index contributed by atoms with van der Waals surface area (Å²) < 4.78 is 47.2. The molecule has 0 atom stereocenters. The van der Waals surface area contributed by atoms with E-state index in [1.54, 1.807) is 18.2 Å².